The van der Waals surface area contributed by atoms with E-state index in [0.29, 0.717) is 16.9 Å². The summed E-state index contributed by atoms with van der Waals surface area (Å²) < 4.78 is 12.4. The highest BCUT2D eigenvalue weighted by Crippen LogP contribution is 2.34. The van der Waals surface area contributed by atoms with Gasteiger partial charge in [-0.1, -0.05) is 36.4 Å². The second-order valence-electron chi connectivity index (χ2n) is 6.83. The Kier molecular flexibility index (Phi) is 8.46. The van der Waals surface area contributed by atoms with Gasteiger partial charge in [-0.15, -0.1) is 0 Å². The van der Waals surface area contributed by atoms with E-state index in [1.54, 1.807) is 66.7 Å². The lowest BCUT2D eigenvalue weighted by molar-refractivity contribution is 0.00283. The number of aliphatic hydroxyl groups is 1. The van der Waals surface area contributed by atoms with E-state index in [9.17, 15) is 19.8 Å². The summed E-state index contributed by atoms with van der Waals surface area (Å²) in [6.07, 6.45) is -2.81. The minimum atomic E-state index is -1.10. The lowest BCUT2D eigenvalue weighted by Gasteiger charge is -2.28. The van der Waals surface area contributed by atoms with E-state index in [1.165, 1.54) is 6.07 Å². The summed E-state index contributed by atoms with van der Waals surface area (Å²) in [7, 11) is 0. The highest BCUT2D eigenvalue weighted by molar-refractivity contribution is 14.1. The minimum absolute atomic E-state index is 0.0998. The molecule has 0 saturated carbocycles. The third-order valence-electron chi connectivity index (χ3n) is 4.56. The number of imide groups is 1. The Labute approximate surface area is 199 Å². The van der Waals surface area contributed by atoms with E-state index < -0.39 is 24.2 Å². The number of alkyl carbamates (subject to hydrolysis) is 1. The molecule has 3 N–H and O–H groups in total. The Balaban J connectivity index is 1.88. The largest absolute Gasteiger partial charge is 0.508 e. The van der Waals surface area contributed by atoms with Crippen molar-refractivity contribution in [2.45, 2.75) is 18.6 Å². The van der Waals surface area contributed by atoms with Gasteiger partial charge >= 0.3 is 6.09 Å². The van der Waals surface area contributed by atoms with Crippen LogP contribution in [0.5, 0.6) is 11.5 Å². The Morgan fingerprint density at radius 1 is 0.969 bits per heavy atom. The van der Waals surface area contributed by atoms with Gasteiger partial charge < -0.3 is 19.7 Å². The Hall–Kier alpha value is -3.11. The van der Waals surface area contributed by atoms with Gasteiger partial charge in [-0.05, 0) is 65.1 Å². The van der Waals surface area contributed by atoms with Crippen molar-refractivity contribution in [3.05, 3.63) is 93.6 Å². The predicted octanol–water partition coefficient (Wildman–Crippen LogP) is 4.43. The zero-order valence-electron chi connectivity index (χ0n) is 17.0. The highest BCUT2D eigenvalue weighted by Gasteiger charge is 2.32. The number of nitrogens with one attached hydrogen (secondary N) is 1. The molecule has 8 heteroatoms. The van der Waals surface area contributed by atoms with Crippen LogP contribution in [0.3, 0.4) is 0 Å². The number of hydrogen-bond acceptors (Lipinski definition) is 6. The van der Waals surface area contributed by atoms with Crippen LogP contribution in [-0.2, 0) is 4.74 Å². The summed E-state index contributed by atoms with van der Waals surface area (Å²) in [6.45, 7) is -0.243. The monoisotopic (exact) mass is 547 g/mol. The number of phenolic OH excluding ortho intramolecular Hbond substituents is 1. The second kappa shape index (κ2) is 11.5. The van der Waals surface area contributed by atoms with E-state index >= 15 is 0 Å². The first-order chi connectivity index (χ1) is 15.5. The zero-order valence-corrected chi connectivity index (χ0v) is 19.1. The van der Waals surface area contributed by atoms with Crippen molar-refractivity contribution in [1.29, 1.82) is 0 Å². The molecule has 0 bridgehead atoms. The van der Waals surface area contributed by atoms with E-state index in [-0.39, 0.29) is 18.8 Å². The fourth-order valence-corrected chi connectivity index (χ4v) is 3.58. The molecule has 3 rings (SSSR count). The maximum Gasteiger partial charge on any atom is 0.414 e. The molecule has 0 spiro atoms. The molecule has 7 nitrogen and oxygen atoms in total. The SMILES string of the molecule is O=C(NC(=O)c1ccccc1)O[C@H](c1cc(I)ccc1O)[C@@H](CCO)Oc1ccccc1. The Bertz CT molecular complexity index is 1040. The van der Waals surface area contributed by atoms with Crippen molar-refractivity contribution in [2.75, 3.05) is 6.61 Å². The van der Waals surface area contributed by atoms with Crippen molar-refractivity contribution in [3.63, 3.8) is 0 Å². The molecule has 0 unspecified atom stereocenters. The second-order valence-corrected chi connectivity index (χ2v) is 8.08. The molecule has 0 fully saturated rings. The molecular formula is C24H22INO6. The summed E-state index contributed by atoms with van der Waals surface area (Å²) in [5, 5.41) is 22.3. The van der Waals surface area contributed by atoms with E-state index in [0.717, 1.165) is 3.57 Å². The molecule has 3 aromatic rings. The Morgan fingerprint density at radius 3 is 2.28 bits per heavy atom. The summed E-state index contributed by atoms with van der Waals surface area (Å²) in [5.41, 5.74) is 0.596. The maximum atomic E-state index is 12.6. The maximum absolute atomic E-state index is 12.6. The van der Waals surface area contributed by atoms with Gasteiger partial charge in [0.05, 0.1) is 0 Å². The summed E-state index contributed by atoms with van der Waals surface area (Å²) in [5.74, 6) is -0.216. The number of halogens is 1. The van der Waals surface area contributed by atoms with Crippen LogP contribution in [0.2, 0.25) is 0 Å². The first-order valence-corrected chi connectivity index (χ1v) is 10.9. The van der Waals surface area contributed by atoms with Gasteiger partial charge in [-0.25, -0.2) is 4.79 Å². The van der Waals surface area contributed by atoms with E-state index in [4.69, 9.17) is 9.47 Å². The smallest absolute Gasteiger partial charge is 0.414 e. The number of para-hydroxylation sites is 1. The van der Waals surface area contributed by atoms with Crippen molar-refractivity contribution in [2.24, 2.45) is 0 Å². The number of aliphatic hydroxyl groups excluding tert-OH is 1. The summed E-state index contributed by atoms with van der Waals surface area (Å²) in [4.78, 5) is 25.0. The minimum Gasteiger partial charge on any atom is -0.508 e. The molecule has 0 aromatic heterocycles. The normalized spacial score (nSPS) is 12.4. The highest BCUT2D eigenvalue weighted by atomic mass is 127. The van der Waals surface area contributed by atoms with Crippen molar-refractivity contribution in [3.8, 4) is 11.5 Å². The quantitative estimate of drug-likeness (QED) is 0.361. The number of carbonyl (C=O) groups is 2. The van der Waals surface area contributed by atoms with Crippen LogP contribution in [0.15, 0.2) is 78.9 Å². The average Bonchev–Trinajstić information content (AvgIpc) is 2.80. The molecule has 0 saturated heterocycles. The third kappa shape index (κ3) is 6.44. The van der Waals surface area contributed by atoms with Gasteiger partial charge in [-0.3, -0.25) is 10.1 Å². The van der Waals surface area contributed by atoms with Crippen molar-refractivity contribution in [1.82, 2.24) is 5.32 Å². The molecule has 0 aliphatic heterocycles. The van der Waals surface area contributed by atoms with Crippen LogP contribution in [0, 0.1) is 3.57 Å². The number of hydrogen-bond donors (Lipinski definition) is 3. The molecule has 166 valence electrons. The lowest BCUT2D eigenvalue weighted by atomic mass is 10.0. The number of phenols is 1. The molecule has 0 radical (unpaired) electrons. The van der Waals surface area contributed by atoms with Crippen LogP contribution < -0.4 is 10.1 Å². The number of amides is 2. The van der Waals surface area contributed by atoms with E-state index in [2.05, 4.69) is 27.9 Å². The topological polar surface area (TPSA) is 105 Å². The first-order valence-electron chi connectivity index (χ1n) is 9.86. The number of ether oxygens (including phenoxy) is 2. The van der Waals surface area contributed by atoms with Gasteiger partial charge in [0.1, 0.15) is 17.6 Å². The standard InChI is InChI=1S/C24H22INO6/c25-17-11-12-20(28)19(15-17)22(21(13-14-27)31-18-9-5-2-6-10-18)32-24(30)26-23(29)16-7-3-1-4-8-16/h1-12,15,21-22,27-28H,13-14H2,(H,26,29,30)/t21-,22-/m1/s1. The first kappa shape index (κ1) is 23.6. The van der Waals surface area contributed by atoms with Crippen LogP contribution in [0.4, 0.5) is 4.79 Å². The van der Waals surface area contributed by atoms with Crippen molar-refractivity contribution >= 4 is 34.6 Å². The predicted molar refractivity (Wildman–Crippen MR) is 127 cm³/mol. The van der Waals surface area contributed by atoms with Gasteiger partial charge in [0.2, 0.25) is 0 Å². The van der Waals surface area contributed by atoms with Gasteiger partial charge in [-0.2, -0.15) is 0 Å². The lowest BCUT2D eigenvalue weighted by Crippen LogP contribution is -2.36. The number of benzene rings is 3. The fourth-order valence-electron chi connectivity index (χ4n) is 3.07. The summed E-state index contributed by atoms with van der Waals surface area (Å²) >= 11 is 2.07. The molecule has 0 aliphatic rings. The van der Waals surface area contributed by atoms with Gasteiger partial charge in [0.15, 0.2) is 6.10 Å². The third-order valence-corrected chi connectivity index (χ3v) is 5.23. The molecular weight excluding hydrogens is 525 g/mol. The molecule has 0 heterocycles. The number of rotatable bonds is 8. The zero-order chi connectivity index (χ0) is 22.9. The van der Waals surface area contributed by atoms with E-state index in [1.807, 2.05) is 6.07 Å². The molecule has 32 heavy (non-hydrogen) atoms. The van der Waals surface area contributed by atoms with Crippen LogP contribution in [0.25, 0.3) is 0 Å². The number of carbonyl (C=O) groups excluding carboxylic acids is 2. The molecule has 2 atom stereocenters. The van der Waals surface area contributed by atoms with Crippen LogP contribution >= 0.6 is 22.6 Å². The van der Waals surface area contributed by atoms with Crippen LogP contribution in [-0.4, -0.2) is 34.9 Å². The average molecular weight is 547 g/mol. The molecule has 3 aromatic carbocycles. The number of aromatic hydroxyl groups is 1. The van der Waals surface area contributed by atoms with Gasteiger partial charge in [0, 0.05) is 27.7 Å². The Morgan fingerprint density at radius 2 is 1.62 bits per heavy atom. The summed E-state index contributed by atoms with van der Waals surface area (Å²) in [6, 6.07) is 22.0. The molecule has 0 aliphatic carbocycles. The van der Waals surface area contributed by atoms with Crippen LogP contribution in [0.1, 0.15) is 28.4 Å². The van der Waals surface area contributed by atoms with Crippen molar-refractivity contribution < 1.29 is 29.3 Å². The fraction of sp³-hybridized carbons (Fsp3) is 0.167. The molecule has 2 amide bonds. The van der Waals surface area contributed by atoms with Gasteiger partial charge in [0.25, 0.3) is 5.91 Å².